The van der Waals surface area contributed by atoms with Crippen molar-refractivity contribution in [3.8, 4) is 5.75 Å². The molecule has 0 N–H and O–H groups in total. The number of rotatable bonds is 2. The van der Waals surface area contributed by atoms with Gasteiger partial charge in [-0.1, -0.05) is 0 Å². The molecule has 1 aromatic carbocycles. The minimum absolute atomic E-state index is 0.296. The second kappa shape index (κ2) is 3.54. The van der Waals surface area contributed by atoms with Gasteiger partial charge in [-0.05, 0) is 28.1 Å². The largest absolute Gasteiger partial charge is 0.496 e. The van der Waals surface area contributed by atoms with Gasteiger partial charge in [0, 0.05) is 0 Å². The van der Waals surface area contributed by atoms with E-state index in [1.54, 1.807) is 12.1 Å². The molecule has 6 heteroatoms. The number of benzene rings is 1. The molecule has 1 heterocycles. The zero-order valence-corrected chi connectivity index (χ0v) is 9.28. The van der Waals surface area contributed by atoms with E-state index in [9.17, 15) is 10.1 Å². The summed E-state index contributed by atoms with van der Waals surface area (Å²) >= 11 is 3.25. The van der Waals surface area contributed by atoms with E-state index in [0.717, 1.165) is 0 Å². The molecule has 0 bridgehead atoms. The van der Waals surface area contributed by atoms with E-state index in [0.29, 0.717) is 21.2 Å². The predicted molar refractivity (Wildman–Crippen MR) is 57.1 cm³/mol. The van der Waals surface area contributed by atoms with Crippen LogP contribution >= 0.6 is 15.9 Å². The van der Waals surface area contributed by atoms with Crippen LogP contribution in [0.15, 0.2) is 27.1 Å². The van der Waals surface area contributed by atoms with E-state index in [4.69, 9.17) is 9.15 Å². The van der Waals surface area contributed by atoms with E-state index < -0.39 is 4.92 Å². The first-order valence-corrected chi connectivity index (χ1v) is 4.83. The Bertz CT molecular complexity index is 534. The Morgan fingerprint density at radius 3 is 2.87 bits per heavy atom. The number of hydrogen-bond donors (Lipinski definition) is 0. The van der Waals surface area contributed by atoms with Crippen molar-refractivity contribution in [3.05, 3.63) is 32.8 Å². The molecule has 2 aromatic rings. The Balaban J connectivity index is 2.77. The normalized spacial score (nSPS) is 10.5. The van der Waals surface area contributed by atoms with Gasteiger partial charge in [-0.25, -0.2) is 0 Å². The summed E-state index contributed by atoms with van der Waals surface area (Å²) in [6.07, 6.45) is 0. The van der Waals surface area contributed by atoms with Crippen molar-refractivity contribution < 1.29 is 14.1 Å². The molecule has 15 heavy (non-hydrogen) atoms. The Morgan fingerprint density at radius 2 is 2.27 bits per heavy atom. The maximum atomic E-state index is 10.5. The summed E-state index contributed by atoms with van der Waals surface area (Å²) in [7, 11) is 1.50. The molecule has 1 aromatic heterocycles. The number of fused-ring (bicyclic) bond motifs is 1. The smallest absolute Gasteiger partial charge is 0.434 e. The van der Waals surface area contributed by atoms with Crippen LogP contribution in [0.1, 0.15) is 0 Å². The summed E-state index contributed by atoms with van der Waals surface area (Å²) in [6, 6.07) is 4.78. The molecular weight excluding hydrogens is 266 g/mol. The number of methoxy groups -OCH3 is 1. The van der Waals surface area contributed by atoms with E-state index in [2.05, 4.69) is 15.9 Å². The maximum Gasteiger partial charge on any atom is 0.434 e. The molecule has 0 radical (unpaired) electrons. The SMILES string of the molecule is COc1ccc(Br)c2oc([N+](=O)[O-])cc12. The Hall–Kier alpha value is -1.56. The Morgan fingerprint density at radius 1 is 1.53 bits per heavy atom. The first-order chi connectivity index (χ1) is 7.13. The number of furan rings is 1. The van der Waals surface area contributed by atoms with Crippen molar-refractivity contribution in [1.29, 1.82) is 0 Å². The number of hydrogen-bond acceptors (Lipinski definition) is 4. The molecule has 0 aliphatic rings. The van der Waals surface area contributed by atoms with Gasteiger partial charge in [-0.2, -0.15) is 0 Å². The second-order valence-corrected chi connectivity index (χ2v) is 3.69. The lowest BCUT2D eigenvalue weighted by Crippen LogP contribution is -1.83. The molecule has 0 saturated heterocycles. The van der Waals surface area contributed by atoms with Crippen LogP contribution in [0.4, 0.5) is 5.88 Å². The van der Waals surface area contributed by atoms with Gasteiger partial charge < -0.3 is 9.15 Å². The van der Waals surface area contributed by atoms with Crippen molar-refractivity contribution in [1.82, 2.24) is 0 Å². The van der Waals surface area contributed by atoms with Crippen LogP contribution in [0.2, 0.25) is 0 Å². The highest BCUT2D eigenvalue weighted by Gasteiger charge is 2.18. The lowest BCUT2D eigenvalue weighted by atomic mass is 10.2. The first kappa shape index (κ1) is 9.97. The summed E-state index contributed by atoms with van der Waals surface area (Å²) in [5.41, 5.74) is 0.418. The Labute approximate surface area is 92.9 Å². The van der Waals surface area contributed by atoms with Gasteiger partial charge in [0.15, 0.2) is 5.58 Å². The van der Waals surface area contributed by atoms with Gasteiger partial charge >= 0.3 is 5.88 Å². The monoisotopic (exact) mass is 271 g/mol. The summed E-state index contributed by atoms with van der Waals surface area (Å²) < 4.78 is 10.8. The molecule has 0 fully saturated rings. The van der Waals surface area contributed by atoms with Gasteiger partial charge in [0.2, 0.25) is 0 Å². The van der Waals surface area contributed by atoms with Crippen molar-refractivity contribution in [3.63, 3.8) is 0 Å². The van der Waals surface area contributed by atoms with Crippen LogP contribution in [-0.4, -0.2) is 12.0 Å². The van der Waals surface area contributed by atoms with Crippen molar-refractivity contribution >= 4 is 32.8 Å². The zero-order valence-electron chi connectivity index (χ0n) is 7.69. The number of halogens is 1. The zero-order chi connectivity index (χ0) is 11.0. The van der Waals surface area contributed by atoms with Crippen LogP contribution in [0.5, 0.6) is 5.75 Å². The highest BCUT2D eigenvalue weighted by Crippen LogP contribution is 2.36. The van der Waals surface area contributed by atoms with Gasteiger partial charge in [-0.15, -0.1) is 0 Å². The van der Waals surface area contributed by atoms with E-state index in [1.165, 1.54) is 13.2 Å². The van der Waals surface area contributed by atoms with Gasteiger partial charge in [0.25, 0.3) is 0 Å². The van der Waals surface area contributed by atoms with Crippen molar-refractivity contribution in [2.24, 2.45) is 0 Å². The molecule has 0 unspecified atom stereocenters. The van der Waals surface area contributed by atoms with E-state index >= 15 is 0 Å². The third-order valence-electron chi connectivity index (χ3n) is 1.98. The Kier molecular flexibility index (Phi) is 2.36. The molecule has 0 spiro atoms. The fourth-order valence-corrected chi connectivity index (χ4v) is 1.75. The van der Waals surface area contributed by atoms with E-state index in [-0.39, 0.29) is 5.88 Å². The van der Waals surface area contributed by atoms with Crippen LogP contribution in [0, 0.1) is 10.1 Å². The molecule has 0 aliphatic heterocycles. The lowest BCUT2D eigenvalue weighted by Gasteiger charge is -2.00. The number of nitro groups is 1. The number of nitrogens with zero attached hydrogens (tertiary/aromatic N) is 1. The molecule has 0 atom stereocenters. The third-order valence-corrected chi connectivity index (χ3v) is 2.61. The van der Waals surface area contributed by atoms with Crippen LogP contribution in [-0.2, 0) is 0 Å². The highest BCUT2D eigenvalue weighted by atomic mass is 79.9. The minimum Gasteiger partial charge on any atom is -0.496 e. The molecular formula is C9H6BrNO4. The van der Waals surface area contributed by atoms with Gasteiger partial charge in [0.05, 0.1) is 23.0 Å². The topological polar surface area (TPSA) is 65.5 Å². The standard InChI is InChI=1S/C9H6BrNO4/c1-14-7-3-2-6(10)9-5(7)4-8(15-9)11(12)13/h2-4H,1H3. The average molecular weight is 272 g/mol. The molecule has 0 amide bonds. The van der Waals surface area contributed by atoms with Crippen molar-refractivity contribution in [2.75, 3.05) is 7.11 Å². The van der Waals surface area contributed by atoms with E-state index in [1.807, 2.05) is 0 Å². The lowest BCUT2D eigenvalue weighted by molar-refractivity contribution is -0.401. The minimum atomic E-state index is -0.578. The highest BCUT2D eigenvalue weighted by molar-refractivity contribution is 9.10. The third kappa shape index (κ3) is 1.56. The molecule has 5 nitrogen and oxygen atoms in total. The van der Waals surface area contributed by atoms with Crippen molar-refractivity contribution in [2.45, 2.75) is 0 Å². The quantitative estimate of drug-likeness (QED) is 0.622. The van der Waals surface area contributed by atoms with Crippen LogP contribution in [0.3, 0.4) is 0 Å². The molecule has 2 rings (SSSR count). The van der Waals surface area contributed by atoms with Crippen LogP contribution < -0.4 is 4.74 Å². The summed E-state index contributed by atoms with van der Waals surface area (Å²) in [5.74, 6) is 0.250. The summed E-state index contributed by atoms with van der Waals surface area (Å²) in [4.78, 5) is 9.96. The first-order valence-electron chi connectivity index (χ1n) is 4.04. The fourth-order valence-electron chi connectivity index (χ4n) is 1.32. The summed E-state index contributed by atoms with van der Waals surface area (Å²) in [5, 5.41) is 11.1. The van der Waals surface area contributed by atoms with Gasteiger partial charge in [-0.3, -0.25) is 10.1 Å². The maximum absolute atomic E-state index is 10.5. The molecule has 0 saturated carbocycles. The fraction of sp³-hybridized carbons (Fsp3) is 0.111. The molecule has 78 valence electrons. The number of ether oxygens (including phenoxy) is 1. The van der Waals surface area contributed by atoms with Crippen LogP contribution in [0.25, 0.3) is 11.0 Å². The second-order valence-electron chi connectivity index (χ2n) is 2.83. The van der Waals surface area contributed by atoms with Gasteiger partial charge in [0.1, 0.15) is 10.7 Å². The molecule has 0 aliphatic carbocycles. The predicted octanol–water partition coefficient (Wildman–Crippen LogP) is 3.11. The summed E-state index contributed by atoms with van der Waals surface area (Å²) in [6.45, 7) is 0. The average Bonchev–Trinajstić information content (AvgIpc) is 2.64.